The SMILES string of the molecule is CN(Cc1ccccc1CNC(C)(C)C)CC(F)F. The normalized spacial score (nSPS) is 12.4. The molecule has 1 N–H and O–H groups in total. The smallest absolute Gasteiger partial charge is 0.251 e. The lowest BCUT2D eigenvalue weighted by molar-refractivity contribution is 0.0974. The summed E-state index contributed by atoms with van der Waals surface area (Å²) in [4.78, 5) is 1.65. The van der Waals surface area contributed by atoms with E-state index in [1.807, 2.05) is 24.3 Å². The first kappa shape index (κ1) is 16.1. The molecule has 1 rings (SSSR count). The van der Waals surface area contributed by atoms with Gasteiger partial charge in [-0.25, -0.2) is 8.78 Å². The van der Waals surface area contributed by atoms with Crippen LogP contribution in [0.5, 0.6) is 0 Å². The second-order valence-corrected chi connectivity index (χ2v) is 5.96. The van der Waals surface area contributed by atoms with E-state index < -0.39 is 6.43 Å². The number of alkyl halides is 2. The van der Waals surface area contributed by atoms with Gasteiger partial charge in [-0.15, -0.1) is 0 Å². The molecule has 1 aromatic carbocycles. The Kier molecular flexibility index (Phi) is 5.88. The lowest BCUT2D eigenvalue weighted by atomic mass is 10.0. The van der Waals surface area contributed by atoms with Crippen molar-refractivity contribution in [3.05, 3.63) is 35.4 Å². The first-order valence-electron chi connectivity index (χ1n) is 6.56. The van der Waals surface area contributed by atoms with E-state index in [9.17, 15) is 8.78 Å². The summed E-state index contributed by atoms with van der Waals surface area (Å²) in [5, 5.41) is 3.43. The molecule has 0 amide bonds. The molecular weight excluding hydrogens is 246 g/mol. The number of hydrogen-bond acceptors (Lipinski definition) is 2. The topological polar surface area (TPSA) is 15.3 Å². The Bertz CT molecular complexity index is 386. The van der Waals surface area contributed by atoms with Gasteiger partial charge in [0.1, 0.15) is 0 Å². The Morgan fingerprint density at radius 3 is 2.26 bits per heavy atom. The number of halogens is 2. The zero-order valence-electron chi connectivity index (χ0n) is 12.2. The molecule has 0 saturated heterocycles. The van der Waals surface area contributed by atoms with Gasteiger partial charge in [0.2, 0.25) is 0 Å². The highest BCUT2D eigenvalue weighted by Gasteiger charge is 2.12. The van der Waals surface area contributed by atoms with E-state index in [4.69, 9.17) is 0 Å². The molecule has 0 saturated carbocycles. The van der Waals surface area contributed by atoms with Crippen molar-refractivity contribution >= 4 is 0 Å². The summed E-state index contributed by atoms with van der Waals surface area (Å²) in [6.07, 6.45) is -2.29. The molecule has 0 heterocycles. The van der Waals surface area contributed by atoms with Gasteiger partial charge < -0.3 is 5.32 Å². The molecule has 0 aliphatic rings. The van der Waals surface area contributed by atoms with Crippen molar-refractivity contribution in [1.29, 1.82) is 0 Å². The fourth-order valence-corrected chi connectivity index (χ4v) is 1.84. The van der Waals surface area contributed by atoms with Gasteiger partial charge in [-0.05, 0) is 38.9 Å². The van der Waals surface area contributed by atoms with Crippen LogP contribution in [0, 0.1) is 0 Å². The molecule has 19 heavy (non-hydrogen) atoms. The standard InChI is InChI=1S/C15H24F2N2/c1-15(2,3)18-9-12-7-5-6-8-13(12)10-19(4)11-14(16)17/h5-8,14,18H,9-11H2,1-4H3. The van der Waals surface area contributed by atoms with E-state index in [-0.39, 0.29) is 12.1 Å². The molecular formula is C15H24F2N2. The molecule has 0 unspecified atom stereocenters. The fraction of sp³-hybridized carbons (Fsp3) is 0.600. The average molecular weight is 270 g/mol. The lowest BCUT2D eigenvalue weighted by Gasteiger charge is -2.23. The minimum absolute atomic E-state index is 0.0436. The minimum atomic E-state index is -2.29. The van der Waals surface area contributed by atoms with Crippen LogP contribution in [0.15, 0.2) is 24.3 Å². The summed E-state index contributed by atoms with van der Waals surface area (Å²) >= 11 is 0. The molecule has 108 valence electrons. The van der Waals surface area contributed by atoms with Gasteiger partial charge in [-0.1, -0.05) is 24.3 Å². The molecule has 0 aromatic heterocycles. The van der Waals surface area contributed by atoms with Crippen molar-refractivity contribution in [3.63, 3.8) is 0 Å². The number of benzene rings is 1. The molecule has 2 nitrogen and oxygen atoms in total. The number of nitrogens with zero attached hydrogens (tertiary/aromatic N) is 1. The van der Waals surface area contributed by atoms with Crippen LogP contribution in [0.2, 0.25) is 0 Å². The maximum atomic E-state index is 12.3. The average Bonchev–Trinajstić information content (AvgIpc) is 2.25. The van der Waals surface area contributed by atoms with Crippen LogP contribution in [0.1, 0.15) is 31.9 Å². The quantitative estimate of drug-likeness (QED) is 0.853. The zero-order chi connectivity index (χ0) is 14.5. The monoisotopic (exact) mass is 270 g/mol. The van der Waals surface area contributed by atoms with E-state index in [1.54, 1.807) is 11.9 Å². The van der Waals surface area contributed by atoms with Gasteiger partial charge in [0.15, 0.2) is 0 Å². The van der Waals surface area contributed by atoms with Crippen molar-refractivity contribution in [2.75, 3.05) is 13.6 Å². The maximum Gasteiger partial charge on any atom is 0.251 e. The first-order valence-corrected chi connectivity index (χ1v) is 6.56. The third-order valence-corrected chi connectivity index (χ3v) is 2.82. The van der Waals surface area contributed by atoms with Gasteiger partial charge in [0, 0.05) is 18.6 Å². The third-order valence-electron chi connectivity index (χ3n) is 2.82. The Labute approximate surface area is 114 Å². The number of rotatable bonds is 6. The van der Waals surface area contributed by atoms with Crippen LogP contribution in [0.3, 0.4) is 0 Å². The van der Waals surface area contributed by atoms with E-state index in [0.717, 1.165) is 12.1 Å². The van der Waals surface area contributed by atoms with Gasteiger partial charge in [-0.3, -0.25) is 4.90 Å². The highest BCUT2D eigenvalue weighted by Crippen LogP contribution is 2.13. The highest BCUT2D eigenvalue weighted by molar-refractivity contribution is 5.27. The van der Waals surface area contributed by atoms with Crippen molar-refractivity contribution < 1.29 is 8.78 Å². The molecule has 0 fully saturated rings. The Hall–Kier alpha value is -1.00. The lowest BCUT2D eigenvalue weighted by Crippen LogP contribution is -2.35. The summed E-state index contributed by atoms with van der Waals surface area (Å²) in [7, 11) is 1.72. The van der Waals surface area contributed by atoms with Crippen molar-refractivity contribution in [2.24, 2.45) is 0 Å². The summed E-state index contributed by atoms with van der Waals surface area (Å²) in [5.41, 5.74) is 2.31. The minimum Gasteiger partial charge on any atom is -0.308 e. The molecule has 0 aliphatic carbocycles. The van der Waals surface area contributed by atoms with Crippen LogP contribution < -0.4 is 5.32 Å². The largest absolute Gasteiger partial charge is 0.308 e. The summed E-state index contributed by atoms with van der Waals surface area (Å²) in [6, 6.07) is 7.98. The summed E-state index contributed by atoms with van der Waals surface area (Å²) in [5.74, 6) is 0. The molecule has 0 aliphatic heterocycles. The summed E-state index contributed by atoms with van der Waals surface area (Å²) < 4.78 is 24.7. The van der Waals surface area contributed by atoms with E-state index in [0.29, 0.717) is 6.54 Å². The third kappa shape index (κ3) is 6.64. The van der Waals surface area contributed by atoms with Gasteiger partial charge in [0.05, 0.1) is 6.54 Å². The summed E-state index contributed by atoms with van der Waals surface area (Å²) in [6.45, 7) is 7.44. The van der Waals surface area contributed by atoms with Crippen LogP contribution in [-0.2, 0) is 13.1 Å². The molecule has 0 bridgehead atoms. The van der Waals surface area contributed by atoms with E-state index in [1.165, 1.54) is 5.56 Å². The molecule has 0 atom stereocenters. The predicted molar refractivity (Wildman–Crippen MR) is 75.4 cm³/mol. The second kappa shape index (κ2) is 6.96. The number of hydrogen-bond donors (Lipinski definition) is 1. The molecule has 0 radical (unpaired) electrons. The zero-order valence-corrected chi connectivity index (χ0v) is 12.2. The first-order chi connectivity index (χ1) is 8.78. The molecule has 0 spiro atoms. The highest BCUT2D eigenvalue weighted by atomic mass is 19.3. The predicted octanol–water partition coefficient (Wildman–Crippen LogP) is 3.27. The van der Waals surface area contributed by atoms with Gasteiger partial charge in [-0.2, -0.15) is 0 Å². The van der Waals surface area contributed by atoms with Crippen molar-refractivity contribution in [1.82, 2.24) is 10.2 Å². The van der Waals surface area contributed by atoms with Gasteiger partial charge in [0.25, 0.3) is 6.43 Å². The van der Waals surface area contributed by atoms with Crippen LogP contribution in [-0.4, -0.2) is 30.5 Å². The van der Waals surface area contributed by atoms with Gasteiger partial charge >= 0.3 is 0 Å². The second-order valence-electron chi connectivity index (χ2n) is 5.96. The van der Waals surface area contributed by atoms with Crippen molar-refractivity contribution in [3.8, 4) is 0 Å². The van der Waals surface area contributed by atoms with Crippen molar-refractivity contribution in [2.45, 2.75) is 45.8 Å². The Balaban J connectivity index is 2.67. The maximum absolute atomic E-state index is 12.3. The molecule has 1 aromatic rings. The van der Waals surface area contributed by atoms with E-state index in [2.05, 4.69) is 26.1 Å². The number of nitrogens with one attached hydrogen (secondary N) is 1. The van der Waals surface area contributed by atoms with Crippen LogP contribution in [0.25, 0.3) is 0 Å². The Morgan fingerprint density at radius 1 is 1.16 bits per heavy atom. The Morgan fingerprint density at radius 2 is 1.74 bits per heavy atom. The van der Waals surface area contributed by atoms with Crippen LogP contribution in [0.4, 0.5) is 8.78 Å². The fourth-order valence-electron chi connectivity index (χ4n) is 1.84. The van der Waals surface area contributed by atoms with E-state index >= 15 is 0 Å². The van der Waals surface area contributed by atoms with Crippen LogP contribution >= 0.6 is 0 Å². The molecule has 4 heteroatoms.